The van der Waals surface area contributed by atoms with Gasteiger partial charge in [0.25, 0.3) is 0 Å². The second kappa shape index (κ2) is 9.13. The molecule has 1 atom stereocenters. The average molecular weight is 272 g/mol. The molecule has 0 saturated carbocycles. The van der Waals surface area contributed by atoms with Crippen LogP contribution in [0.5, 0.6) is 0 Å². The van der Waals surface area contributed by atoms with Crippen molar-refractivity contribution in [2.24, 2.45) is 5.92 Å². The molecule has 0 aromatic heterocycles. The summed E-state index contributed by atoms with van der Waals surface area (Å²) in [6, 6.07) is 9.65. The topological polar surface area (TPSA) is 26.3 Å². The number of benzene rings is 1. The Morgan fingerprint density at radius 2 is 2.00 bits per heavy atom. The van der Waals surface area contributed by atoms with Gasteiger partial charge in [0.2, 0.25) is 0 Å². The Labute approximate surface area is 122 Å². The van der Waals surface area contributed by atoms with Gasteiger partial charge in [0.05, 0.1) is 6.42 Å². The van der Waals surface area contributed by atoms with E-state index in [9.17, 15) is 4.79 Å². The summed E-state index contributed by atoms with van der Waals surface area (Å²) in [5.74, 6) is 0.345. The normalized spacial score (nSPS) is 13.4. The molecular formula is C18H24O2. The van der Waals surface area contributed by atoms with Crippen molar-refractivity contribution in [2.45, 2.75) is 33.6 Å². The molecule has 2 nitrogen and oxygen atoms in total. The smallest absolute Gasteiger partial charge is 0.310 e. The maximum atomic E-state index is 11.7. The van der Waals surface area contributed by atoms with E-state index in [-0.39, 0.29) is 5.97 Å². The monoisotopic (exact) mass is 272 g/mol. The van der Waals surface area contributed by atoms with Crippen LogP contribution in [0.15, 0.2) is 54.1 Å². The number of carbonyl (C=O) groups excluding carboxylic acids is 1. The standard InChI is InChI=1S/C18H24O2/c1-4-8-15(2)13-16(3)11-12-20-18(19)14-17-9-6-5-7-10-17/h4-11,15H,12-14H2,1-3H3/b8-4+,16-11+. The quantitative estimate of drug-likeness (QED) is 0.546. The first kappa shape index (κ1) is 16.2. The molecule has 0 aliphatic carbocycles. The molecule has 0 spiro atoms. The molecule has 0 N–H and O–H groups in total. The molecule has 1 rings (SSSR count). The predicted octanol–water partition coefficient (Wildman–Crippen LogP) is 4.32. The molecule has 0 aliphatic rings. The van der Waals surface area contributed by atoms with E-state index in [4.69, 9.17) is 4.74 Å². The minimum absolute atomic E-state index is 0.179. The zero-order valence-corrected chi connectivity index (χ0v) is 12.6. The van der Waals surface area contributed by atoms with Crippen molar-refractivity contribution in [3.8, 4) is 0 Å². The fourth-order valence-corrected chi connectivity index (χ4v) is 2.08. The summed E-state index contributed by atoms with van der Waals surface area (Å²) >= 11 is 0. The van der Waals surface area contributed by atoms with Gasteiger partial charge in [-0.05, 0) is 37.8 Å². The summed E-state index contributed by atoms with van der Waals surface area (Å²) in [7, 11) is 0. The number of hydrogen-bond donors (Lipinski definition) is 0. The van der Waals surface area contributed by atoms with Crippen LogP contribution in [-0.4, -0.2) is 12.6 Å². The van der Waals surface area contributed by atoms with Crippen molar-refractivity contribution in [1.29, 1.82) is 0 Å². The van der Waals surface area contributed by atoms with E-state index < -0.39 is 0 Å². The van der Waals surface area contributed by atoms with Crippen LogP contribution in [-0.2, 0) is 16.0 Å². The number of hydrogen-bond acceptors (Lipinski definition) is 2. The molecule has 1 aromatic rings. The molecule has 20 heavy (non-hydrogen) atoms. The molecule has 2 heteroatoms. The van der Waals surface area contributed by atoms with Gasteiger partial charge in [-0.15, -0.1) is 0 Å². The molecule has 0 aliphatic heterocycles. The summed E-state index contributed by atoms with van der Waals surface area (Å²) in [6.07, 6.45) is 7.57. The summed E-state index contributed by atoms with van der Waals surface area (Å²) in [6.45, 7) is 6.64. The van der Waals surface area contributed by atoms with E-state index in [0.29, 0.717) is 18.9 Å². The summed E-state index contributed by atoms with van der Waals surface area (Å²) in [4.78, 5) is 11.7. The fourth-order valence-electron chi connectivity index (χ4n) is 2.08. The Kier molecular flexibility index (Phi) is 7.41. The minimum Gasteiger partial charge on any atom is -0.461 e. The number of esters is 1. The zero-order valence-electron chi connectivity index (χ0n) is 12.6. The van der Waals surface area contributed by atoms with E-state index in [2.05, 4.69) is 26.0 Å². The molecule has 0 amide bonds. The first-order valence-corrected chi connectivity index (χ1v) is 7.09. The minimum atomic E-state index is -0.179. The van der Waals surface area contributed by atoms with Gasteiger partial charge >= 0.3 is 5.97 Å². The molecule has 0 radical (unpaired) electrons. The highest BCUT2D eigenvalue weighted by Crippen LogP contribution is 2.12. The van der Waals surface area contributed by atoms with Crippen LogP contribution in [0, 0.1) is 5.92 Å². The number of carbonyl (C=O) groups is 1. The Morgan fingerprint density at radius 1 is 1.30 bits per heavy atom. The van der Waals surface area contributed by atoms with Crippen LogP contribution in [0.3, 0.4) is 0 Å². The van der Waals surface area contributed by atoms with E-state index in [0.717, 1.165) is 12.0 Å². The highest BCUT2D eigenvalue weighted by molar-refractivity contribution is 5.72. The van der Waals surface area contributed by atoms with Crippen molar-refractivity contribution in [3.63, 3.8) is 0 Å². The Morgan fingerprint density at radius 3 is 2.65 bits per heavy atom. The first-order valence-electron chi connectivity index (χ1n) is 7.09. The fraction of sp³-hybridized carbons (Fsp3) is 0.389. The number of rotatable bonds is 7. The van der Waals surface area contributed by atoms with Gasteiger partial charge < -0.3 is 4.74 Å². The summed E-state index contributed by atoms with van der Waals surface area (Å²) < 4.78 is 5.22. The lowest BCUT2D eigenvalue weighted by Gasteiger charge is -2.07. The van der Waals surface area contributed by atoms with Crippen LogP contribution in [0.4, 0.5) is 0 Å². The van der Waals surface area contributed by atoms with Gasteiger partial charge in [-0.3, -0.25) is 4.79 Å². The molecule has 0 saturated heterocycles. The van der Waals surface area contributed by atoms with E-state index in [1.807, 2.05) is 43.3 Å². The predicted molar refractivity (Wildman–Crippen MR) is 83.5 cm³/mol. The third-order valence-electron chi connectivity index (χ3n) is 3.03. The molecule has 1 unspecified atom stereocenters. The maximum absolute atomic E-state index is 11.7. The zero-order chi connectivity index (χ0) is 14.8. The third-order valence-corrected chi connectivity index (χ3v) is 3.03. The molecule has 0 fully saturated rings. The maximum Gasteiger partial charge on any atom is 0.310 e. The lowest BCUT2D eigenvalue weighted by molar-refractivity contribution is -0.141. The second-order valence-electron chi connectivity index (χ2n) is 5.10. The van der Waals surface area contributed by atoms with Crippen LogP contribution < -0.4 is 0 Å². The van der Waals surface area contributed by atoms with Gasteiger partial charge in [-0.1, -0.05) is 55.0 Å². The van der Waals surface area contributed by atoms with Crippen molar-refractivity contribution >= 4 is 5.97 Å². The van der Waals surface area contributed by atoms with Gasteiger partial charge in [0, 0.05) is 0 Å². The Bertz CT molecular complexity index is 458. The third kappa shape index (κ3) is 6.93. The Hall–Kier alpha value is -1.83. The van der Waals surface area contributed by atoms with E-state index in [1.54, 1.807) is 0 Å². The molecule has 0 bridgehead atoms. The van der Waals surface area contributed by atoms with Gasteiger partial charge in [0.1, 0.15) is 6.61 Å². The molecule has 108 valence electrons. The number of ether oxygens (including phenoxy) is 1. The lowest BCUT2D eigenvalue weighted by Crippen LogP contribution is -2.08. The van der Waals surface area contributed by atoms with Crippen LogP contribution in [0.2, 0.25) is 0 Å². The van der Waals surface area contributed by atoms with E-state index >= 15 is 0 Å². The van der Waals surface area contributed by atoms with Crippen molar-refractivity contribution in [2.75, 3.05) is 6.61 Å². The average Bonchev–Trinajstić information content (AvgIpc) is 2.39. The van der Waals surface area contributed by atoms with Crippen LogP contribution in [0.1, 0.15) is 32.8 Å². The lowest BCUT2D eigenvalue weighted by atomic mass is 10.0. The van der Waals surface area contributed by atoms with Crippen LogP contribution >= 0.6 is 0 Å². The molecule has 0 heterocycles. The van der Waals surface area contributed by atoms with Gasteiger partial charge in [0.15, 0.2) is 0 Å². The van der Waals surface area contributed by atoms with Crippen molar-refractivity contribution < 1.29 is 9.53 Å². The van der Waals surface area contributed by atoms with Crippen molar-refractivity contribution in [3.05, 3.63) is 59.7 Å². The molecule has 1 aromatic carbocycles. The molecular weight excluding hydrogens is 248 g/mol. The second-order valence-corrected chi connectivity index (χ2v) is 5.10. The van der Waals surface area contributed by atoms with Gasteiger partial charge in [-0.2, -0.15) is 0 Å². The highest BCUT2D eigenvalue weighted by Gasteiger charge is 2.03. The summed E-state index contributed by atoms with van der Waals surface area (Å²) in [5.41, 5.74) is 2.24. The summed E-state index contributed by atoms with van der Waals surface area (Å²) in [5, 5.41) is 0. The Balaban J connectivity index is 2.30. The highest BCUT2D eigenvalue weighted by atomic mass is 16.5. The van der Waals surface area contributed by atoms with E-state index in [1.165, 1.54) is 5.57 Å². The largest absolute Gasteiger partial charge is 0.461 e. The SMILES string of the molecule is C/C=C/C(C)C/C(C)=C/COC(=O)Cc1ccccc1. The van der Waals surface area contributed by atoms with Gasteiger partial charge in [-0.25, -0.2) is 0 Å². The van der Waals surface area contributed by atoms with Crippen LogP contribution in [0.25, 0.3) is 0 Å². The first-order chi connectivity index (χ1) is 9.61. The number of allylic oxidation sites excluding steroid dienone is 3. The van der Waals surface area contributed by atoms with Crippen molar-refractivity contribution in [1.82, 2.24) is 0 Å².